The Balaban J connectivity index is 1.55. The first-order chi connectivity index (χ1) is 17.9. The van der Waals surface area contributed by atoms with E-state index < -0.39 is 23.2 Å². The number of methoxy groups -OCH3 is 1. The molecule has 2 amide bonds. The Labute approximate surface area is 224 Å². The predicted octanol–water partition coefficient (Wildman–Crippen LogP) is 4.01. The molecule has 1 aliphatic heterocycles. The minimum Gasteiger partial charge on any atom is -0.497 e. The molecule has 3 rings (SSSR count). The van der Waals surface area contributed by atoms with Crippen LogP contribution in [0.3, 0.4) is 0 Å². The van der Waals surface area contributed by atoms with Crippen LogP contribution in [0, 0.1) is 5.92 Å². The summed E-state index contributed by atoms with van der Waals surface area (Å²) in [7, 11) is 4.07. The quantitative estimate of drug-likeness (QED) is 0.453. The summed E-state index contributed by atoms with van der Waals surface area (Å²) in [5, 5.41) is 13.3. The summed E-state index contributed by atoms with van der Waals surface area (Å²) < 4.78 is 46.8. The third kappa shape index (κ3) is 6.32. The first-order valence-electron chi connectivity index (χ1n) is 12.2. The first kappa shape index (κ1) is 29.5. The minimum absolute atomic E-state index is 0.0690. The van der Waals surface area contributed by atoms with Gasteiger partial charge in [-0.05, 0) is 55.9 Å². The summed E-state index contributed by atoms with van der Waals surface area (Å²) in [6.07, 6.45) is -2.33. The van der Waals surface area contributed by atoms with E-state index in [1.165, 1.54) is 33.3 Å². The van der Waals surface area contributed by atoms with Gasteiger partial charge in [-0.2, -0.15) is 13.2 Å². The molecule has 1 saturated heterocycles. The van der Waals surface area contributed by atoms with Gasteiger partial charge in [0.05, 0.1) is 12.7 Å². The van der Waals surface area contributed by atoms with Gasteiger partial charge < -0.3 is 25.0 Å². The Bertz CT molecular complexity index is 1140. The lowest BCUT2D eigenvalue weighted by Gasteiger charge is -2.34. The molecule has 208 valence electrons. The summed E-state index contributed by atoms with van der Waals surface area (Å²) in [6.45, 7) is 1.50. The van der Waals surface area contributed by atoms with Gasteiger partial charge in [0.25, 0.3) is 17.4 Å². The normalized spacial score (nSPS) is 16.1. The van der Waals surface area contributed by atoms with E-state index in [1.807, 2.05) is 0 Å². The molecule has 0 aliphatic carbocycles. The first-order valence-corrected chi connectivity index (χ1v) is 12.6. The second-order valence-electron chi connectivity index (χ2n) is 9.33. The van der Waals surface area contributed by atoms with Gasteiger partial charge in [0, 0.05) is 39.3 Å². The maximum atomic E-state index is 14.0. The van der Waals surface area contributed by atoms with Crippen molar-refractivity contribution < 1.29 is 32.6 Å². The highest BCUT2D eigenvalue weighted by molar-refractivity contribution is 6.32. The van der Waals surface area contributed by atoms with Crippen molar-refractivity contribution in [2.75, 3.05) is 45.7 Å². The zero-order chi connectivity index (χ0) is 28.1. The van der Waals surface area contributed by atoms with Gasteiger partial charge in [-0.1, -0.05) is 23.7 Å². The second kappa shape index (κ2) is 12.2. The Morgan fingerprint density at radius 3 is 2.50 bits per heavy atom. The zero-order valence-corrected chi connectivity index (χ0v) is 22.3. The SMILES string of the molecule is CNC(=O)c1ccc(N2CCC(CCCN(C)C(=O)C(O)(c3cccc(OC)c3)C(F)(F)F)CC2)nc1Cl. The monoisotopic (exact) mass is 556 g/mol. The zero-order valence-electron chi connectivity index (χ0n) is 21.5. The fraction of sp³-hybridized carbons (Fsp3) is 0.500. The number of ether oxygens (including phenoxy) is 1. The Kier molecular flexibility index (Phi) is 9.48. The molecular weight excluding hydrogens is 525 g/mol. The van der Waals surface area contributed by atoms with E-state index in [0.29, 0.717) is 36.8 Å². The number of carbonyl (C=O) groups is 2. The van der Waals surface area contributed by atoms with E-state index >= 15 is 0 Å². The van der Waals surface area contributed by atoms with E-state index in [0.717, 1.165) is 36.3 Å². The molecule has 0 radical (unpaired) electrons. The molecule has 2 heterocycles. The van der Waals surface area contributed by atoms with Crippen LogP contribution in [-0.2, 0) is 10.4 Å². The molecule has 0 spiro atoms. The number of halogens is 4. The molecule has 1 aromatic heterocycles. The number of hydrogen-bond acceptors (Lipinski definition) is 6. The second-order valence-corrected chi connectivity index (χ2v) is 9.68. The van der Waals surface area contributed by atoms with Crippen LogP contribution >= 0.6 is 11.6 Å². The Morgan fingerprint density at radius 2 is 1.92 bits per heavy atom. The summed E-state index contributed by atoms with van der Waals surface area (Å²) >= 11 is 6.16. The molecule has 1 unspecified atom stereocenters. The highest BCUT2D eigenvalue weighted by Crippen LogP contribution is 2.41. The molecular formula is C26H32ClF3N4O4. The Morgan fingerprint density at radius 1 is 1.24 bits per heavy atom. The largest absolute Gasteiger partial charge is 0.497 e. The number of nitrogens with zero attached hydrogens (tertiary/aromatic N) is 3. The standard InChI is InChI=1S/C26H32ClF3N4O4/c1-31-23(35)20-9-10-21(32-22(20)27)34-14-11-17(12-15-34)6-5-13-33(2)24(36)25(37,26(28,29)30)18-7-4-8-19(16-18)38-3/h4,7-10,16-17,37H,5-6,11-15H2,1-3H3,(H,31,35). The molecule has 1 atom stereocenters. The van der Waals surface area contributed by atoms with Gasteiger partial charge in [-0.25, -0.2) is 4.98 Å². The van der Waals surface area contributed by atoms with Gasteiger partial charge in [-0.15, -0.1) is 0 Å². The van der Waals surface area contributed by atoms with Crippen molar-refractivity contribution in [1.29, 1.82) is 0 Å². The van der Waals surface area contributed by atoms with E-state index in [-0.39, 0.29) is 23.4 Å². The third-order valence-electron chi connectivity index (χ3n) is 6.90. The number of nitrogens with one attached hydrogen (secondary N) is 1. The van der Waals surface area contributed by atoms with Crippen LogP contribution in [-0.4, -0.2) is 73.8 Å². The minimum atomic E-state index is -5.22. The van der Waals surface area contributed by atoms with Crippen molar-refractivity contribution in [2.24, 2.45) is 5.92 Å². The molecule has 1 fully saturated rings. The molecule has 2 aromatic rings. The van der Waals surface area contributed by atoms with Crippen molar-refractivity contribution in [2.45, 2.75) is 37.5 Å². The summed E-state index contributed by atoms with van der Waals surface area (Å²) in [5.74, 6) is -0.637. The van der Waals surface area contributed by atoms with Crippen molar-refractivity contribution >= 4 is 29.2 Å². The van der Waals surface area contributed by atoms with Gasteiger partial charge in [0.15, 0.2) is 0 Å². The molecule has 1 aliphatic rings. The van der Waals surface area contributed by atoms with Crippen LogP contribution in [0.4, 0.5) is 19.0 Å². The maximum absolute atomic E-state index is 14.0. The molecule has 8 nitrogen and oxygen atoms in total. The summed E-state index contributed by atoms with van der Waals surface area (Å²) in [5.41, 5.74) is -3.97. The molecule has 38 heavy (non-hydrogen) atoms. The average molecular weight is 557 g/mol. The van der Waals surface area contributed by atoms with Crippen molar-refractivity contribution in [3.63, 3.8) is 0 Å². The Hall–Kier alpha value is -3.05. The van der Waals surface area contributed by atoms with E-state index in [2.05, 4.69) is 15.2 Å². The van der Waals surface area contributed by atoms with Crippen LogP contribution in [0.1, 0.15) is 41.6 Å². The number of rotatable bonds is 9. The van der Waals surface area contributed by atoms with Gasteiger partial charge in [0.1, 0.15) is 16.7 Å². The highest BCUT2D eigenvalue weighted by Gasteiger charge is 2.61. The number of carbonyl (C=O) groups excluding carboxylic acids is 2. The number of benzene rings is 1. The number of likely N-dealkylation sites (N-methyl/N-ethyl adjacent to an activating group) is 1. The van der Waals surface area contributed by atoms with Gasteiger partial charge in [0.2, 0.25) is 0 Å². The lowest BCUT2D eigenvalue weighted by atomic mass is 9.90. The summed E-state index contributed by atoms with van der Waals surface area (Å²) in [6, 6.07) is 8.19. The fourth-order valence-corrected chi connectivity index (χ4v) is 4.84. The molecule has 1 aromatic carbocycles. The molecule has 12 heteroatoms. The lowest BCUT2D eigenvalue weighted by Crippen LogP contribution is -2.55. The predicted molar refractivity (Wildman–Crippen MR) is 137 cm³/mol. The van der Waals surface area contributed by atoms with E-state index in [4.69, 9.17) is 16.3 Å². The molecule has 2 N–H and O–H groups in total. The third-order valence-corrected chi connectivity index (χ3v) is 7.19. The average Bonchev–Trinajstić information content (AvgIpc) is 2.91. The van der Waals surface area contributed by atoms with Crippen LogP contribution in [0.15, 0.2) is 36.4 Å². The number of aliphatic hydroxyl groups is 1. The van der Waals surface area contributed by atoms with Crippen LogP contribution in [0.5, 0.6) is 5.75 Å². The smallest absolute Gasteiger partial charge is 0.430 e. The van der Waals surface area contributed by atoms with Crippen molar-refractivity contribution in [3.8, 4) is 5.75 Å². The number of hydrogen-bond donors (Lipinski definition) is 2. The van der Waals surface area contributed by atoms with Gasteiger partial charge in [-0.3, -0.25) is 9.59 Å². The van der Waals surface area contributed by atoms with Crippen LogP contribution in [0.25, 0.3) is 0 Å². The van der Waals surface area contributed by atoms with Crippen molar-refractivity contribution in [1.82, 2.24) is 15.2 Å². The number of piperidine rings is 1. The lowest BCUT2D eigenvalue weighted by molar-refractivity contribution is -0.261. The number of alkyl halides is 3. The van der Waals surface area contributed by atoms with Crippen LogP contribution in [0.2, 0.25) is 5.15 Å². The highest BCUT2D eigenvalue weighted by atomic mass is 35.5. The number of amides is 2. The van der Waals surface area contributed by atoms with Crippen molar-refractivity contribution in [3.05, 3.63) is 52.7 Å². The van der Waals surface area contributed by atoms with Gasteiger partial charge >= 0.3 is 6.18 Å². The summed E-state index contributed by atoms with van der Waals surface area (Å²) in [4.78, 5) is 32.0. The maximum Gasteiger partial charge on any atom is 0.430 e. The molecule has 0 bridgehead atoms. The van der Waals surface area contributed by atoms with E-state index in [9.17, 15) is 27.9 Å². The number of aromatic nitrogens is 1. The topological polar surface area (TPSA) is 95.0 Å². The van der Waals surface area contributed by atoms with E-state index in [1.54, 1.807) is 12.1 Å². The van der Waals surface area contributed by atoms with Crippen LogP contribution < -0.4 is 15.0 Å². The number of anilines is 1. The number of pyridine rings is 1. The molecule has 0 saturated carbocycles. The fourth-order valence-electron chi connectivity index (χ4n) is 4.61.